The highest BCUT2D eigenvalue weighted by molar-refractivity contribution is 9.10. The molecular formula is C13H20BrNO. The van der Waals surface area contributed by atoms with Gasteiger partial charge in [0.1, 0.15) is 0 Å². The van der Waals surface area contributed by atoms with E-state index in [4.69, 9.17) is 4.84 Å². The molecule has 0 aliphatic rings. The van der Waals surface area contributed by atoms with E-state index in [2.05, 4.69) is 48.8 Å². The van der Waals surface area contributed by atoms with Crippen molar-refractivity contribution < 1.29 is 4.84 Å². The number of para-hydroxylation sites is 1. The fraction of sp³-hybridized carbons (Fsp3) is 0.538. The number of aryl methyl sites for hydroxylation is 1. The summed E-state index contributed by atoms with van der Waals surface area (Å²) in [6, 6.07) is 6.58. The van der Waals surface area contributed by atoms with Gasteiger partial charge in [-0.25, -0.2) is 0 Å². The third-order valence-electron chi connectivity index (χ3n) is 2.67. The van der Waals surface area contributed by atoms with E-state index in [0.29, 0.717) is 12.6 Å². The molecule has 0 aliphatic carbocycles. The first-order valence-electron chi connectivity index (χ1n) is 5.79. The number of benzene rings is 1. The summed E-state index contributed by atoms with van der Waals surface area (Å²) in [5.41, 5.74) is 2.36. The molecule has 1 rings (SSSR count). The van der Waals surface area contributed by atoms with Gasteiger partial charge >= 0.3 is 0 Å². The summed E-state index contributed by atoms with van der Waals surface area (Å²) in [7, 11) is 0. The Hall–Kier alpha value is -0.540. The number of hydroxylamine groups is 1. The molecule has 2 nitrogen and oxygen atoms in total. The molecule has 16 heavy (non-hydrogen) atoms. The van der Waals surface area contributed by atoms with Gasteiger partial charge in [-0.15, -0.1) is 0 Å². The number of anilines is 1. The van der Waals surface area contributed by atoms with Crippen LogP contribution in [0.4, 0.5) is 5.69 Å². The topological polar surface area (TPSA) is 12.5 Å². The van der Waals surface area contributed by atoms with E-state index < -0.39 is 0 Å². The molecule has 0 spiro atoms. The van der Waals surface area contributed by atoms with E-state index >= 15 is 0 Å². The molecule has 90 valence electrons. The van der Waals surface area contributed by atoms with Crippen LogP contribution in [0.25, 0.3) is 0 Å². The molecule has 0 N–H and O–H groups in total. The first-order chi connectivity index (χ1) is 7.61. The molecule has 1 aromatic carbocycles. The molecule has 0 aromatic heterocycles. The Morgan fingerprint density at radius 2 is 2.06 bits per heavy atom. The Balaban J connectivity index is 3.09. The maximum Gasteiger partial charge on any atom is 0.0810 e. The Morgan fingerprint density at radius 1 is 1.38 bits per heavy atom. The van der Waals surface area contributed by atoms with E-state index in [1.54, 1.807) is 0 Å². The van der Waals surface area contributed by atoms with Gasteiger partial charge in [-0.3, -0.25) is 9.90 Å². The van der Waals surface area contributed by atoms with Crippen molar-refractivity contribution in [3.8, 4) is 0 Å². The van der Waals surface area contributed by atoms with E-state index in [1.807, 2.05) is 18.1 Å². The fourth-order valence-corrected chi connectivity index (χ4v) is 2.26. The first-order valence-corrected chi connectivity index (χ1v) is 6.58. The van der Waals surface area contributed by atoms with Crippen molar-refractivity contribution >= 4 is 21.6 Å². The first kappa shape index (κ1) is 13.5. The van der Waals surface area contributed by atoms with Crippen LogP contribution >= 0.6 is 15.9 Å². The van der Waals surface area contributed by atoms with E-state index in [0.717, 1.165) is 16.6 Å². The van der Waals surface area contributed by atoms with Gasteiger partial charge in [0.25, 0.3) is 0 Å². The van der Waals surface area contributed by atoms with Gasteiger partial charge in [0.2, 0.25) is 0 Å². The molecule has 1 aromatic rings. The van der Waals surface area contributed by atoms with Crippen molar-refractivity contribution in [1.29, 1.82) is 0 Å². The van der Waals surface area contributed by atoms with Crippen LogP contribution < -0.4 is 5.06 Å². The zero-order chi connectivity index (χ0) is 12.1. The smallest absolute Gasteiger partial charge is 0.0810 e. The average molecular weight is 286 g/mol. The summed E-state index contributed by atoms with van der Waals surface area (Å²) in [5, 5.41) is 2.01. The Labute approximate surface area is 107 Å². The van der Waals surface area contributed by atoms with E-state index in [9.17, 15) is 0 Å². The minimum absolute atomic E-state index is 0.373. The van der Waals surface area contributed by atoms with Crippen molar-refractivity contribution in [2.24, 2.45) is 0 Å². The van der Waals surface area contributed by atoms with Crippen molar-refractivity contribution in [3.05, 3.63) is 28.2 Å². The summed E-state index contributed by atoms with van der Waals surface area (Å²) in [6.07, 6.45) is 1.06. The molecule has 0 heterocycles. The summed E-state index contributed by atoms with van der Waals surface area (Å²) in [6.45, 7) is 9.15. The lowest BCUT2D eigenvalue weighted by atomic mass is 10.1. The minimum Gasteiger partial charge on any atom is -0.273 e. The zero-order valence-corrected chi connectivity index (χ0v) is 12.0. The standard InChI is InChI=1S/C13H20BrNO/c1-5-11(4)15(16-6-2)13-10(3)8-7-9-12(13)14/h7-9,11H,5-6H2,1-4H3. The van der Waals surface area contributed by atoms with Gasteiger partial charge in [0.05, 0.1) is 18.3 Å². The second kappa shape index (κ2) is 6.26. The molecule has 0 fully saturated rings. The van der Waals surface area contributed by atoms with Crippen LogP contribution in [0, 0.1) is 6.92 Å². The Kier molecular flexibility index (Phi) is 5.29. The fourth-order valence-electron chi connectivity index (χ4n) is 1.62. The van der Waals surface area contributed by atoms with Crippen LogP contribution in [0.2, 0.25) is 0 Å². The highest BCUT2D eigenvalue weighted by Gasteiger charge is 2.17. The van der Waals surface area contributed by atoms with Crippen LogP contribution in [-0.2, 0) is 4.84 Å². The highest BCUT2D eigenvalue weighted by Crippen LogP contribution is 2.31. The molecular weight excluding hydrogens is 266 g/mol. The SMILES string of the molecule is CCON(c1c(C)cccc1Br)C(C)CC. The van der Waals surface area contributed by atoms with Crippen molar-refractivity contribution in [2.45, 2.75) is 40.2 Å². The van der Waals surface area contributed by atoms with Gasteiger partial charge in [-0.1, -0.05) is 19.1 Å². The van der Waals surface area contributed by atoms with E-state index in [-0.39, 0.29) is 0 Å². The number of rotatable bonds is 5. The van der Waals surface area contributed by atoms with Gasteiger partial charge in [0, 0.05) is 4.47 Å². The molecule has 0 radical (unpaired) electrons. The number of hydrogen-bond donors (Lipinski definition) is 0. The monoisotopic (exact) mass is 285 g/mol. The van der Waals surface area contributed by atoms with Crippen LogP contribution in [0.15, 0.2) is 22.7 Å². The lowest BCUT2D eigenvalue weighted by Gasteiger charge is -2.31. The number of halogens is 1. The summed E-state index contributed by atoms with van der Waals surface area (Å²) in [4.78, 5) is 5.75. The minimum atomic E-state index is 0.373. The van der Waals surface area contributed by atoms with Gasteiger partial charge < -0.3 is 0 Å². The van der Waals surface area contributed by atoms with Gasteiger partial charge in [-0.05, 0) is 54.8 Å². The summed E-state index contributed by atoms with van der Waals surface area (Å²) < 4.78 is 1.08. The second-order valence-corrected chi connectivity index (χ2v) is 4.76. The predicted octanol–water partition coefficient (Wildman–Crippen LogP) is 4.31. The summed E-state index contributed by atoms with van der Waals surface area (Å²) >= 11 is 3.59. The van der Waals surface area contributed by atoms with Crippen LogP contribution in [0.5, 0.6) is 0 Å². The predicted molar refractivity (Wildman–Crippen MR) is 72.7 cm³/mol. The van der Waals surface area contributed by atoms with Crippen molar-refractivity contribution in [2.75, 3.05) is 11.7 Å². The maximum atomic E-state index is 5.75. The average Bonchev–Trinajstić information content (AvgIpc) is 2.26. The molecule has 1 unspecified atom stereocenters. The van der Waals surface area contributed by atoms with E-state index in [1.165, 1.54) is 5.56 Å². The van der Waals surface area contributed by atoms with Crippen molar-refractivity contribution in [3.63, 3.8) is 0 Å². The third kappa shape index (κ3) is 2.98. The maximum absolute atomic E-state index is 5.75. The normalized spacial score (nSPS) is 12.6. The lowest BCUT2D eigenvalue weighted by Crippen LogP contribution is -2.33. The Morgan fingerprint density at radius 3 is 2.56 bits per heavy atom. The van der Waals surface area contributed by atoms with Crippen LogP contribution in [0.3, 0.4) is 0 Å². The van der Waals surface area contributed by atoms with Gasteiger partial charge in [-0.2, -0.15) is 0 Å². The van der Waals surface area contributed by atoms with Gasteiger partial charge in [0.15, 0.2) is 0 Å². The number of hydrogen-bond acceptors (Lipinski definition) is 2. The molecule has 0 saturated carbocycles. The second-order valence-electron chi connectivity index (χ2n) is 3.91. The van der Waals surface area contributed by atoms with Crippen LogP contribution in [0.1, 0.15) is 32.8 Å². The zero-order valence-electron chi connectivity index (χ0n) is 10.5. The molecule has 0 saturated heterocycles. The quantitative estimate of drug-likeness (QED) is 0.748. The van der Waals surface area contributed by atoms with Crippen molar-refractivity contribution in [1.82, 2.24) is 0 Å². The molecule has 0 amide bonds. The lowest BCUT2D eigenvalue weighted by molar-refractivity contribution is 0.0988. The molecule has 1 atom stereocenters. The summed E-state index contributed by atoms with van der Waals surface area (Å²) in [5.74, 6) is 0. The molecule has 3 heteroatoms. The van der Waals surface area contributed by atoms with Crippen LogP contribution in [-0.4, -0.2) is 12.6 Å². The highest BCUT2D eigenvalue weighted by atomic mass is 79.9. The largest absolute Gasteiger partial charge is 0.273 e. The Bertz CT molecular complexity index is 320. The third-order valence-corrected chi connectivity index (χ3v) is 3.31. The number of nitrogens with zero attached hydrogens (tertiary/aromatic N) is 1. The molecule has 0 aliphatic heterocycles. The molecule has 0 bridgehead atoms.